The van der Waals surface area contributed by atoms with Crippen LogP contribution in [-0.4, -0.2) is 11.9 Å². The van der Waals surface area contributed by atoms with Crippen LogP contribution in [0.3, 0.4) is 0 Å². The van der Waals surface area contributed by atoms with Crippen LogP contribution in [0.2, 0.25) is 0 Å². The summed E-state index contributed by atoms with van der Waals surface area (Å²) in [4.78, 5) is 11.6. The maximum Gasteiger partial charge on any atom is 0.237 e. The average Bonchev–Trinajstić information content (AvgIpc) is 2.53. The van der Waals surface area contributed by atoms with Crippen molar-refractivity contribution in [2.75, 3.05) is 0 Å². The SMILES string of the molecule is Cc1cccc(COc2ccc(C(C)NC(=O)[C@H](C)N)cc2)c1. The summed E-state index contributed by atoms with van der Waals surface area (Å²) in [7, 11) is 0. The first-order valence-corrected chi connectivity index (χ1v) is 7.80. The molecular formula is C19H24N2O2. The number of nitrogens with one attached hydrogen (secondary N) is 1. The summed E-state index contributed by atoms with van der Waals surface area (Å²) in [6.45, 7) is 6.21. The normalized spacial score (nSPS) is 13.2. The fourth-order valence-corrected chi connectivity index (χ4v) is 2.25. The summed E-state index contributed by atoms with van der Waals surface area (Å²) in [5.74, 6) is 0.651. The van der Waals surface area contributed by atoms with E-state index in [4.69, 9.17) is 10.5 Å². The van der Waals surface area contributed by atoms with E-state index >= 15 is 0 Å². The summed E-state index contributed by atoms with van der Waals surface area (Å²) in [5, 5.41) is 2.87. The van der Waals surface area contributed by atoms with Crippen molar-refractivity contribution in [3.8, 4) is 5.75 Å². The Labute approximate surface area is 137 Å². The summed E-state index contributed by atoms with van der Waals surface area (Å²) < 4.78 is 5.79. The van der Waals surface area contributed by atoms with Gasteiger partial charge in [-0.2, -0.15) is 0 Å². The van der Waals surface area contributed by atoms with Gasteiger partial charge < -0.3 is 15.8 Å². The lowest BCUT2D eigenvalue weighted by Gasteiger charge is -2.16. The van der Waals surface area contributed by atoms with Crippen LogP contribution < -0.4 is 15.8 Å². The van der Waals surface area contributed by atoms with Gasteiger partial charge in [0.25, 0.3) is 0 Å². The molecule has 4 heteroatoms. The molecule has 1 unspecified atom stereocenters. The third-order valence-electron chi connectivity index (χ3n) is 3.64. The van der Waals surface area contributed by atoms with E-state index in [9.17, 15) is 4.79 Å². The number of hydrogen-bond acceptors (Lipinski definition) is 3. The number of carbonyl (C=O) groups is 1. The van der Waals surface area contributed by atoms with Crippen LogP contribution >= 0.6 is 0 Å². The Morgan fingerprint density at radius 1 is 1.17 bits per heavy atom. The highest BCUT2D eigenvalue weighted by atomic mass is 16.5. The van der Waals surface area contributed by atoms with Crippen molar-refractivity contribution < 1.29 is 9.53 Å². The van der Waals surface area contributed by atoms with E-state index < -0.39 is 6.04 Å². The van der Waals surface area contributed by atoms with Gasteiger partial charge in [-0.1, -0.05) is 42.0 Å². The third kappa shape index (κ3) is 5.11. The summed E-state index contributed by atoms with van der Waals surface area (Å²) in [6.07, 6.45) is 0. The minimum atomic E-state index is -0.505. The zero-order chi connectivity index (χ0) is 16.8. The second-order valence-electron chi connectivity index (χ2n) is 5.87. The summed E-state index contributed by atoms with van der Waals surface area (Å²) in [6, 6.07) is 15.4. The van der Waals surface area contributed by atoms with Crippen LogP contribution in [0.1, 0.15) is 36.6 Å². The molecule has 122 valence electrons. The highest BCUT2D eigenvalue weighted by Crippen LogP contribution is 2.19. The van der Waals surface area contributed by atoms with Crippen LogP contribution in [0, 0.1) is 6.92 Å². The van der Waals surface area contributed by atoms with E-state index in [2.05, 4.69) is 24.4 Å². The van der Waals surface area contributed by atoms with E-state index in [0.717, 1.165) is 16.9 Å². The van der Waals surface area contributed by atoms with Crippen molar-refractivity contribution >= 4 is 5.91 Å². The summed E-state index contributed by atoms with van der Waals surface area (Å²) in [5.41, 5.74) is 8.94. The largest absolute Gasteiger partial charge is 0.489 e. The Hall–Kier alpha value is -2.33. The van der Waals surface area contributed by atoms with Crippen molar-refractivity contribution in [3.05, 3.63) is 65.2 Å². The molecule has 2 rings (SSSR count). The fraction of sp³-hybridized carbons (Fsp3) is 0.316. The smallest absolute Gasteiger partial charge is 0.237 e. The van der Waals surface area contributed by atoms with Gasteiger partial charge in [-0.15, -0.1) is 0 Å². The Bertz CT molecular complexity index is 651. The van der Waals surface area contributed by atoms with Crippen molar-refractivity contribution in [2.24, 2.45) is 5.73 Å². The van der Waals surface area contributed by atoms with Gasteiger partial charge in [-0.3, -0.25) is 4.79 Å². The van der Waals surface area contributed by atoms with E-state index in [1.54, 1.807) is 6.92 Å². The maximum atomic E-state index is 11.6. The maximum absolute atomic E-state index is 11.6. The first kappa shape index (κ1) is 17.0. The molecule has 0 heterocycles. The second-order valence-corrected chi connectivity index (χ2v) is 5.87. The van der Waals surface area contributed by atoms with Crippen LogP contribution in [-0.2, 0) is 11.4 Å². The van der Waals surface area contributed by atoms with Crippen LogP contribution in [0.25, 0.3) is 0 Å². The standard InChI is InChI=1S/C19H24N2O2/c1-13-5-4-6-16(11-13)12-23-18-9-7-17(8-10-18)15(3)21-19(22)14(2)20/h4-11,14-15H,12,20H2,1-3H3,(H,21,22)/t14-,15?/m0/s1. The highest BCUT2D eigenvalue weighted by molar-refractivity contribution is 5.81. The molecule has 0 aliphatic heterocycles. The minimum Gasteiger partial charge on any atom is -0.489 e. The third-order valence-corrected chi connectivity index (χ3v) is 3.64. The number of aryl methyl sites for hydroxylation is 1. The zero-order valence-electron chi connectivity index (χ0n) is 13.9. The van der Waals surface area contributed by atoms with Gasteiger partial charge in [0, 0.05) is 0 Å². The van der Waals surface area contributed by atoms with Crippen LogP contribution in [0.15, 0.2) is 48.5 Å². The number of benzene rings is 2. The zero-order valence-corrected chi connectivity index (χ0v) is 13.9. The van der Waals surface area contributed by atoms with E-state index in [1.807, 2.05) is 43.3 Å². The van der Waals surface area contributed by atoms with Crippen molar-refractivity contribution in [1.29, 1.82) is 0 Å². The van der Waals surface area contributed by atoms with E-state index in [1.165, 1.54) is 5.56 Å². The molecule has 0 saturated heterocycles. The predicted molar refractivity (Wildman–Crippen MR) is 92.2 cm³/mol. The number of carbonyl (C=O) groups excluding carboxylic acids is 1. The van der Waals surface area contributed by atoms with Gasteiger partial charge in [0.15, 0.2) is 0 Å². The van der Waals surface area contributed by atoms with Crippen molar-refractivity contribution in [3.63, 3.8) is 0 Å². The second kappa shape index (κ2) is 7.79. The molecule has 2 atom stereocenters. The Morgan fingerprint density at radius 3 is 2.48 bits per heavy atom. The number of ether oxygens (including phenoxy) is 1. The first-order valence-electron chi connectivity index (χ1n) is 7.80. The Kier molecular flexibility index (Phi) is 5.77. The molecule has 0 bridgehead atoms. The van der Waals surface area contributed by atoms with Crippen LogP contribution in [0.4, 0.5) is 0 Å². The van der Waals surface area contributed by atoms with E-state index in [-0.39, 0.29) is 11.9 Å². The topological polar surface area (TPSA) is 64.3 Å². The van der Waals surface area contributed by atoms with E-state index in [0.29, 0.717) is 6.61 Å². The van der Waals surface area contributed by atoms with Gasteiger partial charge in [0.1, 0.15) is 12.4 Å². The quantitative estimate of drug-likeness (QED) is 0.861. The summed E-state index contributed by atoms with van der Waals surface area (Å²) >= 11 is 0. The lowest BCUT2D eigenvalue weighted by Crippen LogP contribution is -2.39. The molecule has 3 N–H and O–H groups in total. The predicted octanol–water partition coefficient (Wildman–Crippen LogP) is 3.10. The molecular weight excluding hydrogens is 288 g/mol. The first-order chi connectivity index (χ1) is 11.0. The molecule has 1 amide bonds. The number of hydrogen-bond donors (Lipinski definition) is 2. The molecule has 0 spiro atoms. The molecule has 4 nitrogen and oxygen atoms in total. The monoisotopic (exact) mass is 312 g/mol. The van der Waals surface area contributed by atoms with Gasteiger partial charge in [-0.25, -0.2) is 0 Å². The molecule has 0 aliphatic carbocycles. The number of nitrogens with two attached hydrogens (primary N) is 1. The lowest BCUT2D eigenvalue weighted by molar-refractivity contribution is -0.122. The molecule has 0 saturated carbocycles. The Balaban J connectivity index is 1.92. The fourth-order valence-electron chi connectivity index (χ4n) is 2.25. The van der Waals surface area contributed by atoms with Gasteiger partial charge >= 0.3 is 0 Å². The molecule has 2 aromatic rings. The molecule has 23 heavy (non-hydrogen) atoms. The van der Waals surface area contributed by atoms with Gasteiger partial charge in [0.2, 0.25) is 5.91 Å². The van der Waals surface area contributed by atoms with Crippen molar-refractivity contribution in [1.82, 2.24) is 5.32 Å². The van der Waals surface area contributed by atoms with Crippen LogP contribution in [0.5, 0.6) is 5.75 Å². The van der Waals surface area contributed by atoms with Crippen molar-refractivity contribution in [2.45, 2.75) is 39.5 Å². The lowest BCUT2D eigenvalue weighted by atomic mass is 10.1. The minimum absolute atomic E-state index is 0.0840. The number of rotatable bonds is 6. The average molecular weight is 312 g/mol. The molecule has 2 aromatic carbocycles. The highest BCUT2D eigenvalue weighted by Gasteiger charge is 2.12. The van der Waals surface area contributed by atoms with Gasteiger partial charge in [0.05, 0.1) is 12.1 Å². The number of amides is 1. The molecule has 0 radical (unpaired) electrons. The van der Waals surface area contributed by atoms with Gasteiger partial charge in [-0.05, 0) is 44.0 Å². The Morgan fingerprint density at radius 2 is 1.87 bits per heavy atom. The molecule has 0 aliphatic rings. The molecule has 0 aromatic heterocycles. The molecule has 0 fully saturated rings.